The van der Waals surface area contributed by atoms with Crippen LogP contribution < -0.4 is 38.9 Å². The molecule has 160 valence electrons. The predicted octanol–water partition coefficient (Wildman–Crippen LogP) is -2.67. The zero-order valence-electron chi connectivity index (χ0n) is 16.5. The minimum Gasteiger partial charge on any atom is -0.382 e. The first-order valence-corrected chi connectivity index (χ1v) is 8.89. The molecule has 1 rings (SSSR count). The fourth-order valence-corrected chi connectivity index (χ4v) is 2.30. The Bertz CT molecular complexity index is 780. The lowest BCUT2D eigenvalue weighted by molar-refractivity contribution is -0.123. The van der Waals surface area contributed by atoms with E-state index in [-0.39, 0.29) is 42.1 Å². The highest BCUT2D eigenvalue weighted by atomic mass is 16.2. The third kappa shape index (κ3) is 7.21. The number of carbonyl (C=O) groups is 3. The minimum atomic E-state index is -0.884. The van der Waals surface area contributed by atoms with Crippen molar-refractivity contribution >= 4 is 35.2 Å². The second-order valence-corrected chi connectivity index (χ2v) is 6.03. The van der Waals surface area contributed by atoms with Gasteiger partial charge in [-0.3, -0.25) is 19.4 Å². The van der Waals surface area contributed by atoms with Crippen LogP contribution >= 0.6 is 0 Å². The van der Waals surface area contributed by atoms with Gasteiger partial charge in [0, 0.05) is 33.6 Å². The number of Topliss-reactive ketones (excluding diaryl/α,β-unsaturated/α-hetero) is 1. The van der Waals surface area contributed by atoms with Crippen LogP contribution in [0.25, 0.3) is 0 Å². The van der Waals surface area contributed by atoms with Crippen LogP contribution in [0.5, 0.6) is 0 Å². The van der Waals surface area contributed by atoms with E-state index < -0.39 is 23.6 Å². The Morgan fingerprint density at radius 3 is 2.28 bits per heavy atom. The summed E-state index contributed by atoms with van der Waals surface area (Å²) < 4.78 is 0. The molecular weight excluding hydrogens is 380 g/mol. The average molecular weight is 408 g/mol. The van der Waals surface area contributed by atoms with Gasteiger partial charge in [-0.05, 0) is 12.8 Å². The molecule has 1 unspecified atom stereocenters. The standard InChI is InChI=1S/C16H28N10O3/c1-8(27)10-12(18)26-11(13(19)25-10)15(29)24-9(14(28)22-7-5-17)4-3-6-23-16(20)21-2/h9H,3-7,17H2,1-2H3,(H2,18,26)(H2,19,25)(H,22,28)(H,24,29)(H3,20,21,23). The molecule has 0 aliphatic carbocycles. The largest absolute Gasteiger partial charge is 0.382 e. The van der Waals surface area contributed by atoms with Crippen molar-refractivity contribution in [2.45, 2.75) is 25.8 Å². The molecule has 0 saturated heterocycles. The van der Waals surface area contributed by atoms with E-state index in [1.807, 2.05) is 0 Å². The lowest BCUT2D eigenvalue weighted by atomic mass is 10.1. The van der Waals surface area contributed by atoms with Gasteiger partial charge in [0.2, 0.25) is 5.91 Å². The lowest BCUT2D eigenvalue weighted by Gasteiger charge is -2.19. The van der Waals surface area contributed by atoms with Gasteiger partial charge in [0.1, 0.15) is 6.04 Å². The SMILES string of the molecule is CN=C(N)NCCCC(NC(=O)c1nc(N)c(C(C)=O)nc1N)C(=O)NCCN. The van der Waals surface area contributed by atoms with Gasteiger partial charge in [-0.15, -0.1) is 0 Å². The number of hydrogen-bond donors (Lipinski definition) is 7. The molecule has 1 atom stereocenters. The van der Waals surface area contributed by atoms with E-state index in [1.54, 1.807) is 7.05 Å². The summed E-state index contributed by atoms with van der Waals surface area (Å²) >= 11 is 0. The van der Waals surface area contributed by atoms with E-state index in [1.165, 1.54) is 6.92 Å². The molecule has 13 nitrogen and oxygen atoms in total. The van der Waals surface area contributed by atoms with Crippen LogP contribution in [0.15, 0.2) is 4.99 Å². The third-order valence-corrected chi connectivity index (χ3v) is 3.78. The summed E-state index contributed by atoms with van der Waals surface area (Å²) in [5.74, 6) is -1.82. The summed E-state index contributed by atoms with van der Waals surface area (Å²) in [6.45, 7) is 2.20. The van der Waals surface area contributed by atoms with E-state index in [9.17, 15) is 14.4 Å². The Morgan fingerprint density at radius 2 is 1.69 bits per heavy atom. The predicted molar refractivity (Wildman–Crippen MR) is 109 cm³/mol. The maximum atomic E-state index is 12.6. The van der Waals surface area contributed by atoms with Crippen LogP contribution in [0.2, 0.25) is 0 Å². The highest BCUT2D eigenvalue weighted by Gasteiger charge is 2.24. The fourth-order valence-electron chi connectivity index (χ4n) is 2.30. The summed E-state index contributed by atoms with van der Waals surface area (Å²) in [5.41, 5.74) is 22.0. The molecule has 0 radical (unpaired) electrons. The molecule has 2 amide bonds. The summed E-state index contributed by atoms with van der Waals surface area (Å²) in [7, 11) is 1.54. The fraction of sp³-hybridized carbons (Fsp3) is 0.500. The monoisotopic (exact) mass is 408 g/mol. The van der Waals surface area contributed by atoms with E-state index in [0.29, 0.717) is 19.4 Å². The maximum absolute atomic E-state index is 12.6. The Labute approximate surface area is 168 Å². The van der Waals surface area contributed by atoms with E-state index in [0.717, 1.165) is 0 Å². The number of nitrogen functional groups attached to an aromatic ring is 2. The molecule has 1 heterocycles. The van der Waals surface area contributed by atoms with Crippen LogP contribution in [0.4, 0.5) is 11.6 Å². The topological polar surface area (TPSA) is 230 Å². The number of amides is 2. The van der Waals surface area contributed by atoms with Gasteiger partial charge in [0.05, 0.1) is 0 Å². The zero-order chi connectivity index (χ0) is 22.0. The molecule has 11 N–H and O–H groups in total. The molecule has 13 heteroatoms. The minimum absolute atomic E-state index is 0.127. The van der Waals surface area contributed by atoms with Crippen molar-refractivity contribution in [3.8, 4) is 0 Å². The van der Waals surface area contributed by atoms with Crippen LogP contribution in [0.3, 0.4) is 0 Å². The first-order valence-electron chi connectivity index (χ1n) is 8.89. The zero-order valence-corrected chi connectivity index (χ0v) is 16.5. The number of anilines is 2. The lowest BCUT2D eigenvalue weighted by Crippen LogP contribution is -2.48. The smallest absolute Gasteiger partial charge is 0.274 e. The Morgan fingerprint density at radius 1 is 1.07 bits per heavy atom. The van der Waals surface area contributed by atoms with Gasteiger partial charge < -0.3 is 38.9 Å². The molecule has 1 aromatic rings. The van der Waals surface area contributed by atoms with Crippen LogP contribution in [-0.4, -0.2) is 66.2 Å². The Kier molecular flexibility index (Phi) is 9.25. The van der Waals surface area contributed by atoms with Crippen molar-refractivity contribution in [3.05, 3.63) is 11.4 Å². The first-order chi connectivity index (χ1) is 13.7. The number of nitrogens with zero attached hydrogens (tertiary/aromatic N) is 3. The maximum Gasteiger partial charge on any atom is 0.274 e. The number of ketones is 1. The molecule has 0 spiro atoms. The quantitative estimate of drug-likeness (QED) is 0.0918. The van der Waals surface area contributed by atoms with Crippen molar-refractivity contribution in [2.24, 2.45) is 16.5 Å². The molecule has 0 fully saturated rings. The molecule has 1 aromatic heterocycles. The van der Waals surface area contributed by atoms with Crippen molar-refractivity contribution in [1.29, 1.82) is 0 Å². The number of guanidine groups is 1. The van der Waals surface area contributed by atoms with Crippen molar-refractivity contribution in [1.82, 2.24) is 25.9 Å². The van der Waals surface area contributed by atoms with Gasteiger partial charge >= 0.3 is 0 Å². The molecule has 0 aromatic carbocycles. The van der Waals surface area contributed by atoms with E-state index in [4.69, 9.17) is 22.9 Å². The van der Waals surface area contributed by atoms with Crippen molar-refractivity contribution < 1.29 is 14.4 Å². The molecule has 0 saturated carbocycles. The number of aromatic nitrogens is 2. The van der Waals surface area contributed by atoms with Gasteiger partial charge in [-0.1, -0.05) is 0 Å². The summed E-state index contributed by atoms with van der Waals surface area (Å²) in [4.78, 5) is 47.8. The number of hydrogen-bond acceptors (Lipinski definition) is 9. The van der Waals surface area contributed by atoms with Crippen molar-refractivity contribution in [3.63, 3.8) is 0 Å². The highest BCUT2D eigenvalue weighted by Crippen LogP contribution is 2.14. The second kappa shape index (κ2) is 11.4. The molecular formula is C16H28N10O3. The van der Waals surface area contributed by atoms with Crippen molar-refractivity contribution in [2.75, 3.05) is 38.1 Å². The summed E-state index contributed by atoms with van der Waals surface area (Å²) in [6, 6.07) is -0.884. The number of nitrogens with one attached hydrogen (secondary N) is 3. The number of nitrogens with two attached hydrogens (primary N) is 4. The first kappa shape index (κ1) is 23.6. The van der Waals surface area contributed by atoms with Gasteiger partial charge in [0.15, 0.2) is 34.8 Å². The second-order valence-electron chi connectivity index (χ2n) is 6.03. The number of aliphatic imine (C=N–C) groups is 1. The molecule has 0 aliphatic heterocycles. The van der Waals surface area contributed by atoms with Crippen LogP contribution in [0, 0.1) is 0 Å². The highest BCUT2D eigenvalue weighted by molar-refractivity contribution is 6.02. The molecule has 0 bridgehead atoms. The normalized spacial score (nSPS) is 12.2. The van der Waals surface area contributed by atoms with Crippen LogP contribution in [-0.2, 0) is 4.79 Å². The van der Waals surface area contributed by atoms with Gasteiger partial charge in [0.25, 0.3) is 5.91 Å². The van der Waals surface area contributed by atoms with Gasteiger partial charge in [-0.2, -0.15) is 0 Å². The Balaban J connectivity index is 2.91. The van der Waals surface area contributed by atoms with Gasteiger partial charge in [-0.25, -0.2) is 9.97 Å². The third-order valence-electron chi connectivity index (χ3n) is 3.78. The Hall–Kier alpha value is -3.48. The van der Waals surface area contributed by atoms with Crippen LogP contribution in [0.1, 0.15) is 40.7 Å². The molecule has 0 aliphatic rings. The van der Waals surface area contributed by atoms with E-state index in [2.05, 4.69) is 30.9 Å². The summed E-state index contributed by atoms with van der Waals surface area (Å²) in [6.07, 6.45) is 0.796. The van der Waals surface area contributed by atoms with E-state index >= 15 is 0 Å². The molecule has 29 heavy (non-hydrogen) atoms. The summed E-state index contributed by atoms with van der Waals surface area (Å²) in [5, 5.41) is 8.03. The average Bonchev–Trinajstić information content (AvgIpc) is 2.68. The number of carbonyl (C=O) groups excluding carboxylic acids is 3. The number of rotatable bonds is 10.